The Hall–Kier alpha value is -1.59. The van der Waals surface area contributed by atoms with Gasteiger partial charge in [-0.05, 0) is 86.2 Å². The van der Waals surface area contributed by atoms with Crippen LogP contribution in [0, 0.1) is 35.5 Å². The van der Waals surface area contributed by atoms with E-state index in [0.29, 0.717) is 18.4 Å². The largest absolute Gasteiger partial charge is 0.492 e. The predicted molar refractivity (Wildman–Crippen MR) is 122 cm³/mol. The van der Waals surface area contributed by atoms with Crippen molar-refractivity contribution in [1.82, 2.24) is 4.90 Å². The van der Waals surface area contributed by atoms with Crippen molar-refractivity contribution in [2.45, 2.75) is 51.9 Å². The van der Waals surface area contributed by atoms with E-state index in [0.717, 1.165) is 67.6 Å². The van der Waals surface area contributed by atoms with Crippen LogP contribution in [0.3, 0.4) is 0 Å². The standard InChI is InChI=1S/C26H36N2O3.H2/c1-18-22(3-2-4-23(18)31-10-7-28-5-8-30-9-6-28)27-24(29)16-25-13-19-11-20-12-21(15-25)26(20,14-19)17-25;/h2-4,19-21H,5-17H2,1H3,(H,27,29);1H. The summed E-state index contributed by atoms with van der Waals surface area (Å²) in [4.78, 5) is 15.5. The van der Waals surface area contributed by atoms with Crippen molar-refractivity contribution >= 4 is 11.6 Å². The zero-order valence-electron chi connectivity index (χ0n) is 18.8. The van der Waals surface area contributed by atoms with Gasteiger partial charge in [-0.2, -0.15) is 0 Å². The van der Waals surface area contributed by atoms with E-state index >= 15 is 0 Å². The Morgan fingerprint density at radius 1 is 1.23 bits per heavy atom. The van der Waals surface area contributed by atoms with Crippen molar-refractivity contribution in [3.05, 3.63) is 23.8 Å². The molecule has 1 N–H and O–H groups in total. The normalized spacial score (nSPS) is 38.0. The maximum absolute atomic E-state index is 13.1. The van der Waals surface area contributed by atoms with Gasteiger partial charge in [0.25, 0.3) is 0 Å². The van der Waals surface area contributed by atoms with Gasteiger partial charge in [-0.3, -0.25) is 9.69 Å². The van der Waals surface area contributed by atoms with Gasteiger partial charge in [-0.15, -0.1) is 0 Å². The van der Waals surface area contributed by atoms with Gasteiger partial charge in [0.2, 0.25) is 5.91 Å². The summed E-state index contributed by atoms with van der Waals surface area (Å²) >= 11 is 0. The number of fused-ring (bicyclic) bond motifs is 2. The number of hydrogen-bond acceptors (Lipinski definition) is 4. The van der Waals surface area contributed by atoms with Gasteiger partial charge < -0.3 is 14.8 Å². The first-order chi connectivity index (χ1) is 15.1. The second-order valence-electron chi connectivity index (χ2n) is 11.2. The average Bonchev–Trinajstić information content (AvgIpc) is 3.06. The molecule has 5 heteroatoms. The van der Waals surface area contributed by atoms with Crippen molar-refractivity contribution in [3.63, 3.8) is 0 Å². The number of nitrogens with one attached hydrogen (secondary N) is 1. The third-order valence-electron chi connectivity index (χ3n) is 9.45. The molecule has 3 bridgehead atoms. The van der Waals surface area contributed by atoms with E-state index in [9.17, 15) is 4.79 Å². The Balaban J connectivity index is 0.00000216. The minimum atomic E-state index is 0. The molecule has 6 rings (SSSR count). The van der Waals surface area contributed by atoms with Crippen molar-refractivity contribution in [2.24, 2.45) is 28.6 Å². The molecule has 1 heterocycles. The van der Waals surface area contributed by atoms with Crippen LogP contribution in [0.2, 0.25) is 0 Å². The van der Waals surface area contributed by atoms with Gasteiger partial charge in [0.15, 0.2) is 0 Å². The monoisotopic (exact) mass is 426 g/mol. The van der Waals surface area contributed by atoms with Crippen LogP contribution < -0.4 is 10.1 Å². The fraction of sp³-hybridized carbons (Fsp3) is 0.731. The van der Waals surface area contributed by atoms with Gasteiger partial charge in [-0.1, -0.05) is 6.07 Å². The molecular weight excluding hydrogens is 388 g/mol. The predicted octanol–water partition coefficient (Wildman–Crippen LogP) is 4.50. The molecule has 1 aliphatic heterocycles. The first-order valence-corrected chi connectivity index (χ1v) is 12.4. The molecule has 0 radical (unpaired) electrons. The minimum Gasteiger partial charge on any atom is -0.492 e. The Morgan fingerprint density at radius 2 is 2.10 bits per heavy atom. The van der Waals surface area contributed by atoms with Crippen molar-refractivity contribution < 1.29 is 15.7 Å². The number of ether oxygens (including phenoxy) is 2. The van der Waals surface area contributed by atoms with Gasteiger partial charge in [0.1, 0.15) is 12.4 Å². The van der Waals surface area contributed by atoms with E-state index in [1.54, 1.807) is 0 Å². The third kappa shape index (κ3) is 3.39. The number of nitrogens with zero attached hydrogens (tertiary/aromatic N) is 1. The lowest BCUT2D eigenvalue weighted by Gasteiger charge is -2.49. The van der Waals surface area contributed by atoms with Crippen molar-refractivity contribution in [2.75, 3.05) is 44.8 Å². The number of carbonyl (C=O) groups is 1. The Bertz CT molecular complexity index is 869. The van der Waals surface area contributed by atoms with Gasteiger partial charge in [0.05, 0.1) is 13.2 Å². The molecule has 5 nitrogen and oxygen atoms in total. The van der Waals surface area contributed by atoms with Crippen LogP contribution in [0.4, 0.5) is 5.69 Å². The van der Waals surface area contributed by atoms with Crippen LogP contribution in [0.5, 0.6) is 5.75 Å². The molecule has 5 atom stereocenters. The lowest BCUT2D eigenvalue weighted by atomic mass is 9.55. The molecule has 5 aliphatic rings. The highest BCUT2D eigenvalue weighted by molar-refractivity contribution is 5.92. The molecule has 4 saturated carbocycles. The highest BCUT2D eigenvalue weighted by atomic mass is 16.5. The number of hydrogen-bond donors (Lipinski definition) is 1. The van der Waals surface area contributed by atoms with Crippen LogP contribution in [0.25, 0.3) is 0 Å². The minimum absolute atomic E-state index is 0. The summed E-state index contributed by atoms with van der Waals surface area (Å²) in [7, 11) is 0. The zero-order chi connectivity index (χ0) is 21.1. The molecule has 4 aliphatic carbocycles. The van der Waals surface area contributed by atoms with E-state index in [2.05, 4.69) is 17.1 Å². The topological polar surface area (TPSA) is 50.8 Å². The van der Waals surface area contributed by atoms with Gasteiger partial charge >= 0.3 is 0 Å². The van der Waals surface area contributed by atoms with E-state index in [1.165, 1.54) is 38.5 Å². The first kappa shape index (κ1) is 20.0. The van der Waals surface area contributed by atoms with Crippen LogP contribution in [-0.4, -0.2) is 50.3 Å². The highest BCUT2D eigenvalue weighted by Crippen LogP contribution is 2.79. The second-order valence-corrected chi connectivity index (χ2v) is 11.2. The number of rotatable bonds is 7. The lowest BCUT2D eigenvalue weighted by Crippen LogP contribution is -2.42. The molecule has 1 amide bonds. The lowest BCUT2D eigenvalue weighted by molar-refractivity contribution is -0.119. The van der Waals surface area contributed by atoms with Crippen molar-refractivity contribution in [3.8, 4) is 5.75 Å². The van der Waals surface area contributed by atoms with E-state index in [-0.39, 0.29) is 12.7 Å². The number of amides is 1. The number of anilines is 1. The molecule has 0 aromatic heterocycles. The molecule has 170 valence electrons. The molecular formula is C26H38N2O3. The van der Waals surface area contributed by atoms with Crippen LogP contribution >= 0.6 is 0 Å². The van der Waals surface area contributed by atoms with Gasteiger partial charge in [-0.25, -0.2) is 0 Å². The summed E-state index contributed by atoms with van der Waals surface area (Å²) in [6.07, 6.45) is 8.98. The van der Waals surface area contributed by atoms with Crippen LogP contribution in [0.1, 0.15) is 51.9 Å². The molecule has 1 saturated heterocycles. The summed E-state index contributed by atoms with van der Waals surface area (Å²) in [5, 5.41) is 3.25. The van der Waals surface area contributed by atoms with Gasteiger partial charge in [0, 0.05) is 38.7 Å². The Kier molecular flexibility index (Phi) is 4.84. The maximum atomic E-state index is 13.1. The molecule has 1 aromatic rings. The molecule has 5 unspecified atom stereocenters. The fourth-order valence-corrected chi connectivity index (χ4v) is 8.29. The van der Waals surface area contributed by atoms with E-state index in [1.807, 2.05) is 18.2 Å². The quantitative estimate of drug-likeness (QED) is 0.698. The first-order valence-electron chi connectivity index (χ1n) is 12.4. The molecule has 31 heavy (non-hydrogen) atoms. The molecule has 5 fully saturated rings. The Labute approximate surface area is 187 Å². The zero-order valence-corrected chi connectivity index (χ0v) is 18.8. The highest BCUT2D eigenvalue weighted by Gasteiger charge is 2.70. The van der Waals surface area contributed by atoms with E-state index in [4.69, 9.17) is 9.47 Å². The summed E-state index contributed by atoms with van der Waals surface area (Å²) in [5.74, 6) is 3.87. The number of carbonyl (C=O) groups excluding carboxylic acids is 1. The number of benzene rings is 1. The summed E-state index contributed by atoms with van der Waals surface area (Å²) in [6, 6.07) is 6.01. The van der Waals surface area contributed by atoms with E-state index < -0.39 is 0 Å². The SMILES string of the molecule is Cc1c(NC(=O)CC23CC4CC5CC(C2)C5(C4)C3)cccc1OCCN1CCOCC1.[HH]. The average molecular weight is 427 g/mol. The maximum Gasteiger partial charge on any atom is 0.224 e. The van der Waals surface area contributed by atoms with Crippen LogP contribution in [0.15, 0.2) is 18.2 Å². The summed E-state index contributed by atoms with van der Waals surface area (Å²) in [6.45, 7) is 7.20. The van der Waals surface area contributed by atoms with Crippen LogP contribution in [-0.2, 0) is 9.53 Å². The third-order valence-corrected chi connectivity index (χ3v) is 9.45. The Morgan fingerprint density at radius 3 is 2.97 bits per heavy atom. The number of morpholine rings is 1. The second kappa shape index (κ2) is 7.48. The summed E-state index contributed by atoms with van der Waals surface area (Å²) in [5.41, 5.74) is 2.86. The smallest absolute Gasteiger partial charge is 0.224 e. The fourth-order valence-electron chi connectivity index (χ4n) is 8.29. The molecule has 1 spiro atoms. The molecule has 1 aromatic carbocycles. The van der Waals surface area contributed by atoms with Crippen molar-refractivity contribution in [1.29, 1.82) is 0 Å². The summed E-state index contributed by atoms with van der Waals surface area (Å²) < 4.78 is 11.5.